The van der Waals surface area contributed by atoms with E-state index in [-0.39, 0.29) is 13.2 Å². The molecule has 1 unspecified atom stereocenters. The Bertz CT molecular complexity index is 728. The van der Waals surface area contributed by atoms with E-state index in [1.165, 1.54) is 0 Å². The minimum absolute atomic E-state index is 0.182. The highest BCUT2D eigenvalue weighted by Gasteiger charge is 2.38. The minimum Gasteiger partial charge on any atom is -0.465 e. The van der Waals surface area contributed by atoms with E-state index in [2.05, 4.69) is 4.98 Å². The molecule has 0 saturated heterocycles. The van der Waals surface area contributed by atoms with E-state index in [1.54, 1.807) is 13.8 Å². The van der Waals surface area contributed by atoms with Crippen molar-refractivity contribution >= 4 is 22.8 Å². The van der Waals surface area contributed by atoms with Gasteiger partial charge in [0.15, 0.2) is 5.92 Å². The molecule has 0 spiro atoms. The van der Waals surface area contributed by atoms with E-state index in [4.69, 9.17) is 14.2 Å². The molecule has 1 atom stereocenters. The number of carbonyl (C=O) groups excluding carboxylic acids is 2. The normalized spacial score (nSPS) is 12.2. The molecule has 1 aromatic heterocycles. The molecular weight excluding hydrogens is 334 g/mol. The predicted molar refractivity (Wildman–Crippen MR) is 97.6 cm³/mol. The molecule has 0 fully saturated rings. The first-order valence-corrected chi connectivity index (χ1v) is 8.90. The smallest absolute Gasteiger partial charge is 0.323 e. The van der Waals surface area contributed by atoms with Gasteiger partial charge in [0, 0.05) is 24.1 Å². The number of hydrogen-bond acceptors (Lipinski definition) is 6. The number of carbonyl (C=O) groups is 2. The van der Waals surface area contributed by atoms with Crippen molar-refractivity contribution in [2.45, 2.75) is 33.3 Å². The molecular formula is C20H25NO5. The van der Waals surface area contributed by atoms with Crippen molar-refractivity contribution in [3.63, 3.8) is 0 Å². The average Bonchev–Trinajstić information content (AvgIpc) is 2.62. The molecule has 2 rings (SSSR count). The summed E-state index contributed by atoms with van der Waals surface area (Å²) in [5.41, 5.74) is 1.59. The lowest BCUT2D eigenvalue weighted by Crippen LogP contribution is -2.40. The summed E-state index contributed by atoms with van der Waals surface area (Å²) in [5.74, 6) is -2.40. The fourth-order valence-corrected chi connectivity index (χ4v) is 2.78. The van der Waals surface area contributed by atoms with E-state index in [0.29, 0.717) is 13.0 Å². The van der Waals surface area contributed by atoms with Gasteiger partial charge < -0.3 is 14.2 Å². The van der Waals surface area contributed by atoms with Gasteiger partial charge in [-0.05, 0) is 32.9 Å². The minimum atomic E-state index is -1.14. The van der Waals surface area contributed by atoms with Gasteiger partial charge in [-0.1, -0.05) is 24.3 Å². The van der Waals surface area contributed by atoms with Crippen LogP contribution < -0.4 is 0 Å². The number of para-hydroxylation sites is 1. The van der Waals surface area contributed by atoms with Crippen molar-refractivity contribution in [1.29, 1.82) is 0 Å². The van der Waals surface area contributed by atoms with Gasteiger partial charge in [-0.2, -0.15) is 0 Å². The standard InChI is InChI=1S/C20H25NO5/c1-4-24-17(18(19(22)25-5-2)20(23)26-6-3)13-15-12-11-14-9-7-8-10-16(14)21-15/h7-12,17-18H,4-6,13H2,1-3H3. The van der Waals surface area contributed by atoms with E-state index in [0.717, 1.165) is 16.6 Å². The molecule has 1 aromatic carbocycles. The Morgan fingerprint density at radius 1 is 0.923 bits per heavy atom. The molecule has 0 aliphatic heterocycles. The number of ether oxygens (including phenoxy) is 3. The van der Waals surface area contributed by atoms with Crippen molar-refractivity contribution in [3.05, 3.63) is 42.1 Å². The molecule has 140 valence electrons. The molecule has 2 aromatic rings. The third kappa shape index (κ3) is 5.02. The van der Waals surface area contributed by atoms with E-state index >= 15 is 0 Å². The maximum atomic E-state index is 12.4. The third-order valence-corrected chi connectivity index (χ3v) is 3.90. The number of esters is 2. The number of nitrogens with zero attached hydrogens (tertiary/aromatic N) is 1. The van der Waals surface area contributed by atoms with Crippen LogP contribution in [0.2, 0.25) is 0 Å². The van der Waals surface area contributed by atoms with Gasteiger partial charge in [0.2, 0.25) is 0 Å². The van der Waals surface area contributed by atoms with Gasteiger partial charge in [0.25, 0.3) is 0 Å². The second-order valence-corrected chi connectivity index (χ2v) is 5.67. The number of pyridine rings is 1. The number of hydrogen-bond donors (Lipinski definition) is 0. The van der Waals surface area contributed by atoms with Gasteiger partial charge in [0.1, 0.15) is 0 Å². The second kappa shape index (κ2) is 9.87. The van der Waals surface area contributed by atoms with Gasteiger partial charge >= 0.3 is 11.9 Å². The fourth-order valence-electron chi connectivity index (χ4n) is 2.78. The van der Waals surface area contributed by atoms with Crippen molar-refractivity contribution in [2.24, 2.45) is 5.92 Å². The van der Waals surface area contributed by atoms with Crippen LogP contribution in [0, 0.1) is 5.92 Å². The SMILES string of the molecule is CCOC(=O)C(C(=O)OCC)C(Cc1ccc2ccccc2n1)OCC. The lowest BCUT2D eigenvalue weighted by Gasteiger charge is -2.24. The van der Waals surface area contributed by atoms with Crippen LogP contribution in [0.3, 0.4) is 0 Å². The zero-order chi connectivity index (χ0) is 18.9. The largest absolute Gasteiger partial charge is 0.465 e. The van der Waals surface area contributed by atoms with Crippen LogP contribution >= 0.6 is 0 Å². The van der Waals surface area contributed by atoms with Crippen molar-refractivity contribution < 1.29 is 23.8 Å². The molecule has 6 nitrogen and oxygen atoms in total. The lowest BCUT2D eigenvalue weighted by molar-refractivity contribution is -0.169. The molecule has 0 amide bonds. The Morgan fingerprint density at radius 3 is 2.19 bits per heavy atom. The summed E-state index contributed by atoms with van der Waals surface area (Å²) in [7, 11) is 0. The Kier molecular flexibility index (Phi) is 7.53. The topological polar surface area (TPSA) is 74.7 Å². The summed E-state index contributed by atoms with van der Waals surface area (Å²) in [6.07, 6.45) is -0.396. The first-order chi connectivity index (χ1) is 12.6. The molecule has 0 saturated carbocycles. The molecule has 0 aliphatic carbocycles. The van der Waals surface area contributed by atoms with Crippen LogP contribution in [0.25, 0.3) is 10.9 Å². The Balaban J connectivity index is 2.29. The maximum absolute atomic E-state index is 12.4. The monoisotopic (exact) mass is 359 g/mol. The Morgan fingerprint density at radius 2 is 1.58 bits per heavy atom. The molecule has 0 bridgehead atoms. The van der Waals surface area contributed by atoms with E-state index in [9.17, 15) is 9.59 Å². The third-order valence-electron chi connectivity index (χ3n) is 3.90. The summed E-state index contributed by atoms with van der Waals surface area (Å²) < 4.78 is 15.8. The summed E-state index contributed by atoms with van der Waals surface area (Å²) >= 11 is 0. The summed E-state index contributed by atoms with van der Waals surface area (Å²) in [5, 5.41) is 1.02. The molecule has 6 heteroatoms. The highest BCUT2D eigenvalue weighted by Crippen LogP contribution is 2.19. The van der Waals surface area contributed by atoms with Crippen LogP contribution in [-0.2, 0) is 30.2 Å². The van der Waals surface area contributed by atoms with Crippen molar-refractivity contribution in [2.75, 3.05) is 19.8 Å². The average molecular weight is 359 g/mol. The van der Waals surface area contributed by atoms with E-state index in [1.807, 2.05) is 43.3 Å². The molecule has 26 heavy (non-hydrogen) atoms. The predicted octanol–water partition coefficient (Wildman–Crippen LogP) is 2.92. The fraction of sp³-hybridized carbons (Fsp3) is 0.450. The lowest BCUT2D eigenvalue weighted by atomic mass is 9.97. The first kappa shape index (κ1) is 19.8. The molecule has 0 radical (unpaired) electrons. The van der Waals surface area contributed by atoms with Crippen LogP contribution in [0.4, 0.5) is 0 Å². The zero-order valence-electron chi connectivity index (χ0n) is 15.4. The second-order valence-electron chi connectivity index (χ2n) is 5.67. The zero-order valence-corrected chi connectivity index (χ0v) is 15.4. The van der Waals surface area contributed by atoms with Crippen LogP contribution in [0.1, 0.15) is 26.5 Å². The number of benzene rings is 1. The number of fused-ring (bicyclic) bond motifs is 1. The number of aromatic nitrogens is 1. The summed E-state index contributed by atoms with van der Waals surface area (Å²) in [6, 6.07) is 11.6. The van der Waals surface area contributed by atoms with Gasteiger partial charge in [-0.25, -0.2) is 0 Å². The Hall–Kier alpha value is -2.47. The highest BCUT2D eigenvalue weighted by molar-refractivity contribution is 5.95. The van der Waals surface area contributed by atoms with Gasteiger partial charge in [0.05, 0.1) is 24.8 Å². The number of rotatable bonds is 9. The highest BCUT2D eigenvalue weighted by atomic mass is 16.6. The molecule has 1 heterocycles. The van der Waals surface area contributed by atoms with Gasteiger partial charge in [-0.15, -0.1) is 0 Å². The molecule has 0 aliphatic rings. The molecule has 0 N–H and O–H groups in total. The van der Waals surface area contributed by atoms with E-state index < -0.39 is 24.0 Å². The maximum Gasteiger partial charge on any atom is 0.323 e. The Labute approximate surface area is 153 Å². The van der Waals surface area contributed by atoms with Gasteiger partial charge in [-0.3, -0.25) is 14.6 Å². The van der Waals surface area contributed by atoms with Crippen LogP contribution in [0.15, 0.2) is 36.4 Å². The van der Waals surface area contributed by atoms with Crippen molar-refractivity contribution in [3.8, 4) is 0 Å². The summed E-state index contributed by atoms with van der Waals surface area (Å²) in [6.45, 7) is 5.92. The first-order valence-electron chi connectivity index (χ1n) is 8.90. The van der Waals surface area contributed by atoms with Crippen molar-refractivity contribution in [1.82, 2.24) is 4.98 Å². The van der Waals surface area contributed by atoms with Crippen LogP contribution in [0.5, 0.6) is 0 Å². The van der Waals surface area contributed by atoms with Crippen LogP contribution in [-0.4, -0.2) is 42.8 Å². The summed E-state index contributed by atoms with van der Waals surface area (Å²) in [4.78, 5) is 29.3. The quantitative estimate of drug-likeness (QED) is 0.506.